The molecule has 1 N–H and O–H groups in total. The predicted molar refractivity (Wildman–Crippen MR) is 55.6 cm³/mol. The van der Waals surface area contributed by atoms with Crippen LogP contribution in [0.4, 0.5) is 13.2 Å². The second kappa shape index (κ2) is 5.16. The maximum Gasteiger partial charge on any atom is 0.390 e. The van der Waals surface area contributed by atoms with Gasteiger partial charge in [-0.15, -0.1) is 0 Å². The molecular weight excluding hydrogens is 219 g/mol. The third-order valence-electron chi connectivity index (χ3n) is 2.03. The molecule has 1 atom stereocenters. The molecule has 1 rings (SSSR count). The Kier molecular flexibility index (Phi) is 4.12. The number of aromatic nitrogens is 2. The first-order valence-electron chi connectivity index (χ1n) is 4.86. The van der Waals surface area contributed by atoms with Gasteiger partial charge in [0, 0.05) is 30.5 Å². The first kappa shape index (κ1) is 12.8. The molecular formula is C10H14F3N3. The van der Waals surface area contributed by atoms with Gasteiger partial charge in [-0.1, -0.05) is 6.58 Å². The van der Waals surface area contributed by atoms with Crippen molar-refractivity contribution in [3.8, 4) is 0 Å². The molecule has 0 bridgehead atoms. The molecule has 0 amide bonds. The van der Waals surface area contributed by atoms with Crippen molar-refractivity contribution in [2.45, 2.75) is 32.1 Å². The van der Waals surface area contributed by atoms with E-state index in [2.05, 4.69) is 17.0 Å². The standard InChI is InChI=1S/C10H14F3N3/c1-3-16-7-9(6-15-16)5-14-8(2)4-10(11,12)13/h3,6-8,14H,1,4-5H2,2H3. The predicted octanol–water partition coefficient (Wildman–Crippen LogP) is 2.41. The van der Waals surface area contributed by atoms with Crippen molar-refractivity contribution >= 4 is 6.20 Å². The number of hydrogen-bond acceptors (Lipinski definition) is 2. The van der Waals surface area contributed by atoms with Crippen LogP contribution in [-0.2, 0) is 6.54 Å². The molecule has 0 fully saturated rings. The van der Waals surface area contributed by atoms with E-state index in [1.165, 1.54) is 17.8 Å². The molecule has 0 aromatic carbocycles. The Morgan fingerprint density at radius 2 is 2.31 bits per heavy atom. The van der Waals surface area contributed by atoms with Gasteiger partial charge in [0.25, 0.3) is 0 Å². The molecule has 1 heterocycles. The van der Waals surface area contributed by atoms with Gasteiger partial charge >= 0.3 is 6.18 Å². The Bertz CT molecular complexity index is 343. The van der Waals surface area contributed by atoms with Crippen molar-refractivity contribution in [1.29, 1.82) is 0 Å². The summed E-state index contributed by atoms with van der Waals surface area (Å²) >= 11 is 0. The van der Waals surface area contributed by atoms with Crippen LogP contribution in [0.25, 0.3) is 6.20 Å². The van der Waals surface area contributed by atoms with Gasteiger partial charge < -0.3 is 5.32 Å². The van der Waals surface area contributed by atoms with Crippen molar-refractivity contribution in [3.63, 3.8) is 0 Å². The molecule has 3 nitrogen and oxygen atoms in total. The molecule has 1 unspecified atom stereocenters. The number of halogens is 3. The van der Waals surface area contributed by atoms with E-state index in [1.807, 2.05) is 0 Å². The van der Waals surface area contributed by atoms with Gasteiger partial charge in [0.2, 0.25) is 0 Å². The third-order valence-corrected chi connectivity index (χ3v) is 2.03. The van der Waals surface area contributed by atoms with Crippen molar-refractivity contribution in [3.05, 3.63) is 24.5 Å². The molecule has 6 heteroatoms. The van der Waals surface area contributed by atoms with Crippen molar-refractivity contribution in [2.24, 2.45) is 0 Å². The fourth-order valence-electron chi connectivity index (χ4n) is 1.28. The summed E-state index contributed by atoms with van der Waals surface area (Å²) < 4.78 is 37.6. The molecule has 16 heavy (non-hydrogen) atoms. The monoisotopic (exact) mass is 233 g/mol. The second-order valence-electron chi connectivity index (χ2n) is 3.61. The van der Waals surface area contributed by atoms with E-state index in [0.29, 0.717) is 6.54 Å². The minimum Gasteiger partial charge on any atom is -0.310 e. The van der Waals surface area contributed by atoms with Gasteiger partial charge in [-0.2, -0.15) is 18.3 Å². The molecule has 0 spiro atoms. The molecule has 0 radical (unpaired) electrons. The van der Waals surface area contributed by atoms with Crippen LogP contribution in [0.15, 0.2) is 19.0 Å². The maximum atomic E-state index is 12.0. The molecule has 1 aromatic heterocycles. The maximum absolute atomic E-state index is 12.0. The van der Waals surface area contributed by atoms with Crippen LogP contribution in [-0.4, -0.2) is 22.0 Å². The van der Waals surface area contributed by atoms with Gasteiger partial charge in [-0.3, -0.25) is 0 Å². The number of hydrogen-bond donors (Lipinski definition) is 1. The highest BCUT2D eigenvalue weighted by molar-refractivity contribution is 5.17. The number of nitrogens with zero attached hydrogens (tertiary/aromatic N) is 2. The number of alkyl halides is 3. The summed E-state index contributed by atoms with van der Waals surface area (Å²) in [5.41, 5.74) is 0.828. The van der Waals surface area contributed by atoms with E-state index in [9.17, 15) is 13.2 Å². The lowest BCUT2D eigenvalue weighted by molar-refractivity contribution is -0.139. The van der Waals surface area contributed by atoms with Crippen LogP contribution in [0.3, 0.4) is 0 Å². The van der Waals surface area contributed by atoms with Crippen LogP contribution in [0.2, 0.25) is 0 Å². The largest absolute Gasteiger partial charge is 0.390 e. The minimum absolute atomic E-state index is 0.366. The van der Waals surface area contributed by atoms with E-state index in [1.54, 1.807) is 12.4 Å². The van der Waals surface area contributed by atoms with E-state index < -0.39 is 18.6 Å². The molecule has 0 aliphatic heterocycles. The fourth-order valence-corrected chi connectivity index (χ4v) is 1.28. The summed E-state index contributed by atoms with van der Waals surface area (Å²) in [5, 5.41) is 6.71. The van der Waals surface area contributed by atoms with Crippen LogP contribution < -0.4 is 5.32 Å². The minimum atomic E-state index is -4.13. The van der Waals surface area contributed by atoms with Crippen molar-refractivity contribution < 1.29 is 13.2 Å². The van der Waals surface area contributed by atoms with E-state index >= 15 is 0 Å². The van der Waals surface area contributed by atoms with Gasteiger partial charge in [0.15, 0.2) is 0 Å². The lowest BCUT2D eigenvalue weighted by atomic mass is 10.2. The summed E-state index contributed by atoms with van der Waals surface area (Å²) in [6.07, 6.45) is -0.141. The zero-order valence-electron chi connectivity index (χ0n) is 8.96. The highest BCUT2D eigenvalue weighted by atomic mass is 19.4. The van der Waals surface area contributed by atoms with Gasteiger partial charge in [-0.05, 0) is 6.92 Å². The first-order valence-corrected chi connectivity index (χ1v) is 4.86. The lowest BCUT2D eigenvalue weighted by Crippen LogP contribution is -2.30. The average Bonchev–Trinajstić information content (AvgIpc) is 2.59. The normalized spacial score (nSPS) is 13.8. The Balaban J connectivity index is 2.36. The summed E-state index contributed by atoms with van der Waals surface area (Å²) in [5.74, 6) is 0. The molecule has 90 valence electrons. The lowest BCUT2D eigenvalue weighted by Gasteiger charge is -2.14. The molecule has 1 aromatic rings. The first-order chi connectivity index (χ1) is 7.40. The van der Waals surface area contributed by atoms with Crippen LogP contribution in [0, 0.1) is 0 Å². The van der Waals surface area contributed by atoms with Crippen molar-refractivity contribution in [2.75, 3.05) is 0 Å². The van der Waals surface area contributed by atoms with Crippen LogP contribution in [0.5, 0.6) is 0 Å². The van der Waals surface area contributed by atoms with Gasteiger partial charge in [-0.25, -0.2) is 4.68 Å². The Morgan fingerprint density at radius 1 is 1.62 bits per heavy atom. The SMILES string of the molecule is C=Cn1cc(CNC(C)CC(F)(F)F)cn1. The van der Waals surface area contributed by atoms with Gasteiger partial charge in [0.05, 0.1) is 12.6 Å². The van der Waals surface area contributed by atoms with E-state index in [0.717, 1.165) is 5.56 Å². The highest BCUT2D eigenvalue weighted by Crippen LogP contribution is 2.21. The van der Waals surface area contributed by atoms with Crippen molar-refractivity contribution in [1.82, 2.24) is 15.1 Å². The quantitative estimate of drug-likeness (QED) is 0.846. The van der Waals surface area contributed by atoms with E-state index in [4.69, 9.17) is 0 Å². The molecule has 0 aliphatic rings. The Morgan fingerprint density at radius 3 is 2.81 bits per heavy atom. The Labute approximate surface area is 92.0 Å². The fraction of sp³-hybridized carbons (Fsp3) is 0.500. The molecule has 0 aliphatic carbocycles. The highest BCUT2D eigenvalue weighted by Gasteiger charge is 2.29. The van der Waals surface area contributed by atoms with Gasteiger partial charge in [0.1, 0.15) is 0 Å². The summed E-state index contributed by atoms with van der Waals surface area (Å²) in [6.45, 7) is 5.39. The van der Waals surface area contributed by atoms with Crippen LogP contribution >= 0.6 is 0 Å². The second-order valence-corrected chi connectivity index (χ2v) is 3.61. The molecule has 0 saturated carbocycles. The summed E-state index contributed by atoms with van der Waals surface area (Å²) in [4.78, 5) is 0. The topological polar surface area (TPSA) is 29.9 Å². The Hall–Kier alpha value is -1.30. The molecule has 0 saturated heterocycles. The number of rotatable bonds is 5. The summed E-state index contributed by atoms with van der Waals surface area (Å²) in [7, 11) is 0. The number of nitrogens with one attached hydrogen (secondary N) is 1. The smallest absolute Gasteiger partial charge is 0.310 e. The third kappa shape index (κ3) is 4.48. The zero-order chi connectivity index (χ0) is 12.2. The zero-order valence-corrected chi connectivity index (χ0v) is 8.96. The van der Waals surface area contributed by atoms with E-state index in [-0.39, 0.29) is 0 Å². The summed E-state index contributed by atoms with van der Waals surface area (Å²) in [6, 6.07) is -0.605. The van der Waals surface area contributed by atoms with Crippen LogP contribution in [0.1, 0.15) is 18.9 Å². The average molecular weight is 233 g/mol.